The van der Waals surface area contributed by atoms with E-state index in [1.54, 1.807) is 24.3 Å². The zero-order valence-electron chi connectivity index (χ0n) is 12.4. The van der Waals surface area contributed by atoms with Crippen molar-refractivity contribution in [2.75, 3.05) is 10.6 Å². The first kappa shape index (κ1) is 16.0. The lowest BCUT2D eigenvalue weighted by molar-refractivity contribution is -0.384. The van der Waals surface area contributed by atoms with Gasteiger partial charge in [-0.15, -0.1) is 11.8 Å². The van der Waals surface area contributed by atoms with Crippen molar-refractivity contribution >= 4 is 40.6 Å². The van der Waals surface area contributed by atoms with Crippen LogP contribution in [0.1, 0.15) is 6.42 Å². The molecule has 0 bridgehead atoms. The van der Waals surface area contributed by atoms with Crippen molar-refractivity contribution in [2.24, 2.45) is 0 Å². The Morgan fingerprint density at radius 2 is 1.71 bits per heavy atom. The number of nitrogens with two attached hydrogens (primary N) is 1. The average Bonchev–Trinajstić information content (AvgIpc) is 2.83. The molecule has 2 N–H and O–H groups in total. The number of hydrogen-bond acceptors (Lipinski definition) is 6. The van der Waals surface area contributed by atoms with Crippen LogP contribution in [-0.4, -0.2) is 22.0 Å². The van der Waals surface area contributed by atoms with Crippen LogP contribution in [0.5, 0.6) is 0 Å². The fourth-order valence-electron chi connectivity index (χ4n) is 2.40. The number of amides is 2. The molecule has 122 valence electrons. The number of nitrogens with zero attached hydrogens (tertiary/aromatic N) is 2. The van der Waals surface area contributed by atoms with Gasteiger partial charge in [0.1, 0.15) is 0 Å². The standard InChI is InChI=1S/C16H13N3O4S/c17-10-1-7-13(8-2-10)24-14-9-15(20)18(16(14)21)11-3-5-12(6-4-11)19(22)23/h1-8,14H,9,17H2. The van der Waals surface area contributed by atoms with Gasteiger partial charge in [-0.1, -0.05) is 0 Å². The van der Waals surface area contributed by atoms with Gasteiger partial charge in [0.2, 0.25) is 11.8 Å². The third kappa shape index (κ3) is 3.09. The van der Waals surface area contributed by atoms with E-state index in [4.69, 9.17) is 5.73 Å². The van der Waals surface area contributed by atoms with Gasteiger partial charge in [0.05, 0.1) is 15.9 Å². The van der Waals surface area contributed by atoms with Crippen LogP contribution in [0.2, 0.25) is 0 Å². The number of carbonyl (C=O) groups is 2. The van der Waals surface area contributed by atoms with E-state index >= 15 is 0 Å². The van der Waals surface area contributed by atoms with Gasteiger partial charge in [0.15, 0.2) is 0 Å². The van der Waals surface area contributed by atoms with Crippen molar-refractivity contribution in [3.8, 4) is 0 Å². The monoisotopic (exact) mass is 343 g/mol. The minimum absolute atomic E-state index is 0.0882. The molecule has 1 aliphatic rings. The molecule has 3 rings (SSSR count). The van der Waals surface area contributed by atoms with Crippen molar-refractivity contribution in [1.82, 2.24) is 0 Å². The lowest BCUT2D eigenvalue weighted by Gasteiger charge is -2.14. The van der Waals surface area contributed by atoms with Crippen LogP contribution in [0.15, 0.2) is 53.4 Å². The molecule has 0 aromatic heterocycles. The average molecular weight is 343 g/mol. The molecule has 0 saturated carbocycles. The van der Waals surface area contributed by atoms with Crippen LogP contribution in [0.4, 0.5) is 17.1 Å². The SMILES string of the molecule is Nc1ccc(SC2CC(=O)N(c3ccc([N+](=O)[O-])cc3)C2=O)cc1. The summed E-state index contributed by atoms with van der Waals surface area (Å²) in [6.45, 7) is 0. The molecule has 7 nitrogen and oxygen atoms in total. The van der Waals surface area contributed by atoms with Gasteiger partial charge in [-0.25, -0.2) is 4.90 Å². The Bertz CT molecular complexity index is 805. The summed E-state index contributed by atoms with van der Waals surface area (Å²) in [4.78, 5) is 36.8. The molecule has 1 heterocycles. The molecule has 1 atom stereocenters. The molecule has 1 fully saturated rings. The van der Waals surface area contributed by atoms with Gasteiger partial charge in [-0.2, -0.15) is 0 Å². The first-order chi connectivity index (χ1) is 11.5. The fraction of sp³-hybridized carbons (Fsp3) is 0.125. The van der Waals surface area contributed by atoms with Gasteiger partial charge in [-0.3, -0.25) is 19.7 Å². The van der Waals surface area contributed by atoms with Crippen LogP contribution in [0.25, 0.3) is 0 Å². The predicted molar refractivity (Wildman–Crippen MR) is 90.7 cm³/mol. The normalized spacial score (nSPS) is 17.3. The highest BCUT2D eigenvalue weighted by Gasteiger charge is 2.40. The molecule has 8 heteroatoms. The van der Waals surface area contributed by atoms with Crippen LogP contribution in [-0.2, 0) is 9.59 Å². The quantitative estimate of drug-likeness (QED) is 0.396. The number of benzene rings is 2. The number of imide groups is 1. The minimum atomic E-state index is -0.531. The summed E-state index contributed by atoms with van der Waals surface area (Å²) in [5, 5.41) is 10.2. The molecule has 2 aromatic rings. The number of carbonyl (C=O) groups excluding carboxylic acids is 2. The maximum absolute atomic E-state index is 12.5. The molecule has 24 heavy (non-hydrogen) atoms. The third-order valence-corrected chi connectivity index (χ3v) is 4.78. The van der Waals surface area contributed by atoms with E-state index in [0.717, 1.165) is 9.80 Å². The third-order valence-electron chi connectivity index (χ3n) is 3.58. The van der Waals surface area contributed by atoms with Crippen molar-refractivity contribution in [1.29, 1.82) is 0 Å². The second kappa shape index (κ2) is 6.32. The van der Waals surface area contributed by atoms with Gasteiger partial charge in [-0.05, 0) is 36.4 Å². The molecule has 0 spiro atoms. The number of hydrogen-bond donors (Lipinski definition) is 1. The second-order valence-corrected chi connectivity index (χ2v) is 6.50. The van der Waals surface area contributed by atoms with Gasteiger partial charge in [0, 0.05) is 29.1 Å². The molecule has 0 aliphatic carbocycles. The van der Waals surface area contributed by atoms with Crippen molar-refractivity contribution < 1.29 is 14.5 Å². The smallest absolute Gasteiger partial charge is 0.269 e. The van der Waals surface area contributed by atoms with Crippen molar-refractivity contribution in [2.45, 2.75) is 16.6 Å². The molecule has 1 unspecified atom stereocenters. The van der Waals surface area contributed by atoms with Crippen LogP contribution >= 0.6 is 11.8 Å². The zero-order chi connectivity index (χ0) is 17.3. The minimum Gasteiger partial charge on any atom is -0.399 e. The zero-order valence-corrected chi connectivity index (χ0v) is 13.2. The number of rotatable bonds is 4. The number of nitro benzene ring substituents is 1. The molecule has 2 amide bonds. The van der Waals surface area contributed by atoms with Crippen LogP contribution in [0, 0.1) is 10.1 Å². The van der Waals surface area contributed by atoms with E-state index in [1.165, 1.54) is 36.0 Å². The molecular formula is C16H13N3O4S. The first-order valence-corrected chi connectivity index (χ1v) is 7.97. The summed E-state index contributed by atoms with van der Waals surface area (Å²) in [5.74, 6) is -0.641. The first-order valence-electron chi connectivity index (χ1n) is 7.09. The Labute approximate surface area is 141 Å². The van der Waals surface area contributed by atoms with Crippen LogP contribution < -0.4 is 10.6 Å². The van der Waals surface area contributed by atoms with Crippen LogP contribution in [0.3, 0.4) is 0 Å². The van der Waals surface area contributed by atoms with E-state index in [-0.39, 0.29) is 23.9 Å². The summed E-state index contributed by atoms with van der Waals surface area (Å²) < 4.78 is 0. The Hall–Kier alpha value is -2.87. The van der Waals surface area contributed by atoms with Crippen molar-refractivity contribution in [3.63, 3.8) is 0 Å². The molecule has 2 aromatic carbocycles. The summed E-state index contributed by atoms with van der Waals surface area (Å²) in [6, 6.07) is 12.4. The van der Waals surface area contributed by atoms with Gasteiger partial charge in [0.25, 0.3) is 5.69 Å². The largest absolute Gasteiger partial charge is 0.399 e. The van der Waals surface area contributed by atoms with Gasteiger partial charge >= 0.3 is 0 Å². The van der Waals surface area contributed by atoms with E-state index in [0.29, 0.717) is 11.4 Å². The molecular weight excluding hydrogens is 330 g/mol. The van der Waals surface area contributed by atoms with Crippen molar-refractivity contribution in [3.05, 3.63) is 58.6 Å². The lowest BCUT2D eigenvalue weighted by Crippen LogP contribution is -2.31. The fourth-order valence-corrected chi connectivity index (χ4v) is 3.46. The number of thioether (sulfide) groups is 1. The number of non-ortho nitro benzene ring substituents is 1. The molecule has 1 saturated heterocycles. The van der Waals surface area contributed by atoms with E-state index in [9.17, 15) is 19.7 Å². The summed E-state index contributed by atoms with van der Waals surface area (Å²) in [7, 11) is 0. The predicted octanol–water partition coefficient (Wildman–Crippen LogP) is 2.60. The number of anilines is 2. The second-order valence-electron chi connectivity index (χ2n) is 5.22. The van der Waals surface area contributed by atoms with E-state index in [2.05, 4.69) is 0 Å². The summed E-state index contributed by atoms with van der Waals surface area (Å²) >= 11 is 1.30. The highest BCUT2D eigenvalue weighted by molar-refractivity contribution is 8.00. The molecule has 0 radical (unpaired) electrons. The Kier molecular flexibility index (Phi) is 4.22. The molecule has 1 aliphatic heterocycles. The number of nitro groups is 1. The Morgan fingerprint density at radius 3 is 2.29 bits per heavy atom. The maximum Gasteiger partial charge on any atom is 0.269 e. The highest BCUT2D eigenvalue weighted by atomic mass is 32.2. The topological polar surface area (TPSA) is 107 Å². The Morgan fingerprint density at radius 1 is 1.08 bits per heavy atom. The number of nitrogen functional groups attached to an aromatic ring is 1. The Balaban J connectivity index is 1.78. The summed E-state index contributed by atoms with van der Waals surface area (Å²) in [5.41, 5.74) is 6.51. The van der Waals surface area contributed by atoms with E-state index in [1.807, 2.05) is 0 Å². The summed E-state index contributed by atoms with van der Waals surface area (Å²) in [6.07, 6.45) is 0.0882. The highest BCUT2D eigenvalue weighted by Crippen LogP contribution is 2.34. The van der Waals surface area contributed by atoms with Gasteiger partial charge < -0.3 is 5.73 Å². The van der Waals surface area contributed by atoms with E-state index < -0.39 is 10.2 Å². The maximum atomic E-state index is 12.5. The lowest BCUT2D eigenvalue weighted by atomic mass is 10.2.